The van der Waals surface area contributed by atoms with Crippen LogP contribution >= 0.6 is 34.9 Å². The van der Waals surface area contributed by atoms with Crippen LogP contribution in [0.5, 0.6) is 0 Å². The minimum absolute atomic E-state index is 0.000607. The Balaban J connectivity index is 1.76. The van der Waals surface area contributed by atoms with Gasteiger partial charge in [-0.3, -0.25) is 4.79 Å². The van der Waals surface area contributed by atoms with Crippen LogP contribution in [0.15, 0.2) is 6.07 Å². The summed E-state index contributed by atoms with van der Waals surface area (Å²) in [6.45, 7) is 2.53. The Morgan fingerprint density at radius 3 is 2.76 bits per heavy atom. The van der Waals surface area contributed by atoms with Gasteiger partial charge in [-0.1, -0.05) is 23.2 Å². The first-order valence-electron chi connectivity index (χ1n) is 6.36. The van der Waals surface area contributed by atoms with Gasteiger partial charge in [0.15, 0.2) is 0 Å². The van der Waals surface area contributed by atoms with Crippen LogP contribution in [-0.4, -0.2) is 52.4 Å². The van der Waals surface area contributed by atoms with Crippen LogP contribution in [0.2, 0.25) is 10.0 Å². The third kappa shape index (κ3) is 3.06. The van der Waals surface area contributed by atoms with E-state index in [1.54, 1.807) is 11.0 Å². The van der Waals surface area contributed by atoms with E-state index in [2.05, 4.69) is 14.1 Å². The first kappa shape index (κ1) is 14.8. The highest BCUT2D eigenvalue weighted by molar-refractivity contribution is 7.00. The molecule has 1 fully saturated rings. The molecule has 1 aromatic carbocycles. The van der Waals surface area contributed by atoms with E-state index in [9.17, 15) is 4.79 Å². The highest BCUT2D eigenvalue weighted by Crippen LogP contribution is 2.35. The van der Waals surface area contributed by atoms with Crippen LogP contribution in [0.25, 0.3) is 11.0 Å². The van der Waals surface area contributed by atoms with E-state index in [1.165, 1.54) is 0 Å². The number of amides is 1. The van der Waals surface area contributed by atoms with Gasteiger partial charge in [0.25, 0.3) is 0 Å². The van der Waals surface area contributed by atoms with Crippen molar-refractivity contribution >= 4 is 57.6 Å². The maximum atomic E-state index is 12.1. The summed E-state index contributed by atoms with van der Waals surface area (Å²) < 4.78 is 13.5. The van der Waals surface area contributed by atoms with Gasteiger partial charge < -0.3 is 15.0 Å². The lowest BCUT2D eigenvalue weighted by Gasteiger charge is -2.27. The van der Waals surface area contributed by atoms with Gasteiger partial charge in [0.2, 0.25) is 5.91 Å². The predicted octanol–water partition coefficient (Wildman–Crippen LogP) is 2.27. The number of ether oxygens (including phenoxy) is 1. The maximum Gasteiger partial charge on any atom is 0.242 e. The summed E-state index contributed by atoms with van der Waals surface area (Å²) in [6.07, 6.45) is 0. The highest BCUT2D eigenvalue weighted by Gasteiger charge is 2.19. The standard InChI is InChI=1S/C12H12Cl2N4O2S/c13-7-5-8(14)11-12(17-21-16-11)10(7)15-6-9(19)18-1-3-20-4-2-18/h5,15H,1-4,6H2. The molecule has 0 aliphatic carbocycles. The molecule has 112 valence electrons. The van der Waals surface area contributed by atoms with Gasteiger partial charge in [-0.2, -0.15) is 8.75 Å². The number of halogens is 2. The Bertz CT molecular complexity index is 673. The van der Waals surface area contributed by atoms with Crippen LogP contribution in [0.3, 0.4) is 0 Å². The maximum absolute atomic E-state index is 12.1. The fourth-order valence-corrected chi connectivity index (χ4v) is 3.31. The zero-order valence-electron chi connectivity index (χ0n) is 10.9. The molecule has 0 unspecified atom stereocenters. The molecule has 21 heavy (non-hydrogen) atoms. The fraction of sp³-hybridized carbons (Fsp3) is 0.417. The second-order valence-electron chi connectivity index (χ2n) is 4.52. The number of anilines is 1. The highest BCUT2D eigenvalue weighted by atomic mass is 35.5. The second kappa shape index (κ2) is 6.31. The summed E-state index contributed by atoms with van der Waals surface area (Å²) in [6, 6.07) is 1.61. The van der Waals surface area contributed by atoms with Crippen LogP contribution < -0.4 is 5.32 Å². The van der Waals surface area contributed by atoms with Crippen molar-refractivity contribution in [2.75, 3.05) is 38.2 Å². The molecular formula is C12H12Cl2N4O2S. The first-order chi connectivity index (χ1) is 10.2. The Hall–Kier alpha value is -1.15. The molecule has 1 aromatic heterocycles. The molecule has 2 heterocycles. The van der Waals surface area contributed by atoms with Gasteiger partial charge in [0.05, 0.1) is 47.2 Å². The summed E-state index contributed by atoms with van der Waals surface area (Å²) in [5.74, 6) is 0.000607. The quantitative estimate of drug-likeness (QED) is 0.923. The van der Waals surface area contributed by atoms with Crippen molar-refractivity contribution in [3.63, 3.8) is 0 Å². The van der Waals surface area contributed by atoms with Gasteiger partial charge >= 0.3 is 0 Å². The molecule has 1 aliphatic rings. The smallest absolute Gasteiger partial charge is 0.242 e. The number of benzene rings is 1. The van der Waals surface area contributed by atoms with Crippen LogP contribution in [0, 0.1) is 0 Å². The average Bonchev–Trinajstić information content (AvgIpc) is 2.97. The molecule has 0 atom stereocenters. The molecule has 3 rings (SSSR count). The Morgan fingerprint density at radius 2 is 2.00 bits per heavy atom. The summed E-state index contributed by atoms with van der Waals surface area (Å²) >= 11 is 13.3. The number of nitrogens with zero attached hydrogens (tertiary/aromatic N) is 3. The molecule has 1 amide bonds. The van der Waals surface area contributed by atoms with Crippen LogP contribution in [0.4, 0.5) is 5.69 Å². The molecule has 1 saturated heterocycles. The third-order valence-corrected chi connectivity index (χ3v) is 4.34. The minimum atomic E-state index is 0.000607. The molecule has 1 aliphatic heterocycles. The Labute approximate surface area is 135 Å². The molecule has 0 bridgehead atoms. The van der Waals surface area contributed by atoms with E-state index in [0.717, 1.165) is 11.7 Å². The first-order valence-corrected chi connectivity index (χ1v) is 7.85. The molecule has 6 nitrogen and oxygen atoms in total. The summed E-state index contributed by atoms with van der Waals surface area (Å²) in [4.78, 5) is 13.9. The molecule has 0 spiro atoms. The van der Waals surface area contributed by atoms with Crippen molar-refractivity contribution in [3.05, 3.63) is 16.1 Å². The molecular weight excluding hydrogens is 335 g/mol. The average molecular weight is 347 g/mol. The Kier molecular flexibility index (Phi) is 4.44. The van der Waals surface area contributed by atoms with Crippen LogP contribution in [0.1, 0.15) is 0 Å². The Morgan fingerprint density at radius 1 is 1.29 bits per heavy atom. The second-order valence-corrected chi connectivity index (χ2v) is 5.87. The zero-order chi connectivity index (χ0) is 14.8. The molecule has 1 N–H and O–H groups in total. The fourth-order valence-electron chi connectivity index (χ4n) is 2.13. The van der Waals surface area contributed by atoms with E-state index in [1.807, 2.05) is 0 Å². The van der Waals surface area contributed by atoms with Crippen molar-refractivity contribution in [1.29, 1.82) is 0 Å². The van der Waals surface area contributed by atoms with Gasteiger partial charge in [-0.05, 0) is 6.07 Å². The van der Waals surface area contributed by atoms with E-state index in [4.69, 9.17) is 27.9 Å². The minimum Gasteiger partial charge on any atom is -0.378 e. The molecule has 0 radical (unpaired) electrons. The van der Waals surface area contributed by atoms with Crippen LogP contribution in [-0.2, 0) is 9.53 Å². The number of rotatable bonds is 3. The topological polar surface area (TPSA) is 67.4 Å². The van der Waals surface area contributed by atoms with Gasteiger partial charge in [0.1, 0.15) is 11.0 Å². The number of morpholine rings is 1. The molecule has 0 saturated carbocycles. The normalized spacial score (nSPS) is 15.4. The summed E-state index contributed by atoms with van der Waals surface area (Å²) in [5.41, 5.74) is 1.77. The number of aromatic nitrogens is 2. The largest absolute Gasteiger partial charge is 0.378 e. The predicted molar refractivity (Wildman–Crippen MR) is 83.3 cm³/mol. The summed E-state index contributed by atoms with van der Waals surface area (Å²) in [5, 5.41) is 3.93. The van der Waals surface area contributed by atoms with Crippen molar-refractivity contribution in [2.45, 2.75) is 0 Å². The zero-order valence-corrected chi connectivity index (χ0v) is 13.3. The SMILES string of the molecule is O=C(CNc1c(Cl)cc(Cl)c2nsnc12)N1CCOCC1. The monoisotopic (exact) mass is 346 g/mol. The lowest BCUT2D eigenvalue weighted by molar-refractivity contribution is -0.133. The third-order valence-electron chi connectivity index (χ3n) is 3.22. The van der Waals surface area contributed by atoms with Crippen molar-refractivity contribution in [1.82, 2.24) is 13.6 Å². The lowest BCUT2D eigenvalue weighted by Crippen LogP contribution is -2.43. The molecule has 2 aromatic rings. The lowest BCUT2D eigenvalue weighted by atomic mass is 10.2. The van der Waals surface area contributed by atoms with E-state index < -0.39 is 0 Å². The molecule has 9 heteroatoms. The van der Waals surface area contributed by atoms with Gasteiger partial charge in [-0.15, -0.1) is 0 Å². The van der Waals surface area contributed by atoms with Gasteiger partial charge in [0, 0.05) is 13.1 Å². The number of nitrogens with one attached hydrogen (secondary N) is 1. The number of fused-ring (bicyclic) bond motifs is 1. The van der Waals surface area contributed by atoms with Crippen molar-refractivity contribution in [3.8, 4) is 0 Å². The van der Waals surface area contributed by atoms with E-state index >= 15 is 0 Å². The number of carbonyl (C=O) groups excluding carboxylic acids is 1. The van der Waals surface area contributed by atoms with E-state index in [0.29, 0.717) is 53.1 Å². The van der Waals surface area contributed by atoms with Gasteiger partial charge in [-0.25, -0.2) is 0 Å². The number of hydrogen-bond donors (Lipinski definition) is 1. The number of carbonyl (C=O) groups is 1. The number of hydrogen-bond acceptors (Lipinski definition) is 6. The van der Waals surface area contributed by atoms with E-state index in [-0.39, 0.29) is 12.5 Å². The summed E-state index contributed by atoms with van der Waals surface area (Å²) in [7, 11) is 0. The van der Waals surface area contributed by atoms with Crippen molar-refractivity contribution < 1.29 is 9.53 Å². The van der Waals surface area contributed by atoms with Crippen molar-refractivity contribution in [2.24, 2.45) is 0 Å².